The number of rotatable bonds is 5. The van der Waals surface area contributed by atoms with Crippen molar-refractivity contribution in [2.24, 2.45) is 0 Å². The molecule has 1 aliphatic rings. The van der Waals surface area contributed by atoms with Crippen LogP contribution >= 0.6 is 11.8 Å². The maximum Gasteiger partial charge on any atom is 0.228 e. The number of hydrogen-bond acceptors (Lipinski definition) is 3. The van der Waals surface area contributed by atoms with E-state index in [1.165, 1.54) is 4.90 Å². The van der Waals surface area contributed by atoms with E-state index >= 15 is 0 Å². The fraction of sp³-hybridized carbons (Fsp3) is 0.400. The molecule has 1 fully saturated rings. The summed E-state index contributed by atoms with van der Waals surface area (Å²) in [5, 5.41) is 0. The molecule has 0 unspecified atom stereocenters. The van der Waals surface area contributed by atoms with Crippen molar-refractivity contribution >= 4 is 23.6 Å². The molecule has 2 heterocycles. The Balaban J connectivity index is 1.52. The molecule has 0 atom stereocenters. The average Bonchev–Trinajstić information content (AvgIpc) is 3.03. The second-order valence-corrected chi connectivity index (χ2v) is 7.39. The quantitative estimate of drug-likeness (QED) is 0.822. The predicted molar refractivity (Wildman–Crippen MR) is 104 cm³/mol. The van der Waals surface area contributed by atoms with E-state index < -0.39 is 0 Å². The first kappa shape index (κ1) is 18.6. The molecule has 0 spiro atoms. The molecular weight excluding hydrogens is 346 g/mol. The lowest BCUT2D eigenvalue weighted by molar-refractivity contribution is -0.132. The molecule has 6 heteroatoms. The zero-order chi connectivity index (χ0) is 18.4. The lowest BCUT2D eigenvalue weighted by Crippen LogP contribution is -2.38. The predicted octanol–water partition coefficient (Wildman–Crippen LogP) is 2.58. The molecule has 2 amide bonds. The summed E-state index contributed by atoms with van der Waals surface area (Å²) < 4.78 is 0. The van der Waals surface area contributed by atoms with E-state index in [1.54, 1.807) is 11.8 Å². The van der Waals surface area contributed by atoms with Gasteiger partial charge in [0.15, 0.2) is 0 Å². The first-order chi connectivity index (χ1) is 12.7. The van der Waals surface area contributed by atoms with Crippen molar-refractivity contribution in [2.45, 2.75) is 24.2 Å². The number of carbonyl (C=O) groups excluding carboxylic acids is 2. The number of nitrogens with zero attached hydrogens (tertiary/aromatic N) is 2. The Morgan fingerprint density at radius 1 is 0.962 bits per heavy atom. The summed E-state index contributed by atoms with van der Waals surface area (Å²) >= 11 is 1.70. The fourth-order valence-corrected chi connectivity index (χ4v) is 3.61. The highest BCUT2D eigenvalue weighted by Crippen LogP contribution is 2.16. The Labute approximate surface area is 158 Å². The summed E-state index contributed by atoms with van der Waals surface area (Å²) in [6, 6.07) is 12.0. The van der Waals surface area contributed by atoms with Gasteiger partial charge in [-0.05, 0) is 42.5 Å². The second kappa shape index (κ2) is 8.94. The van der Waals surface area contributed by atoms with Gasteiger partial charge in [-0.25, -0.2) is 0 Å². The van der Waals surface area contributed by atoms with Gasteiger partial charge in [0.2, 0.25) is 11.8 Å². The lowest BCUT2D eigenvalue weighted by Gasteiger charge is -2.22. The van der Waals surface area contributed by atoms with Gasteiger partial charge < -0.3 is 14.8 Å². The highest BCUT2D eigenvalue weighted by atomic mass is 32.2. The molecule has 2 aromatic rings. The van der Waals surface area contributed by atoms with E-state index in [0.717, 1.165) is 17.7 Å². The molecule has 1 aromatic carbocycles. The number of H-pyrrole nitrogens is 1. The van der Waals surface area contributed by atoms with Crippen LogP contribution in [0.25, 0.3) is 0 Å². The Morgan fingerprint density at radius 2 is 1.62 bits per heavy atom. The zero-order valence-electron chi connectivity index (χ0n) is 15.1. The van der Waals surface area contributed by atoms with Crippen LogP contribution in [0.5, 0.6) is 0 Å². The summed E-state index contributed by atoms with van der Waals surface area (Å²) in [5.74, 6) is 0.259. The summed E-state index contributed by atoms with van der Waals surface area (Å²) in [5.41, 5.74) is 1.97. The van der Waals surface area contributed by atoms with E-state index in [4.69, 9.17) is 0 Å². The highest BCUT2D eigenvalue weighted by molar-refractivity contribution is 7.98. The number of aromatic nitrogens is 1. The van der Waals surface area contributed by atoms with Gasteiger partial charge in [-0.15, -0.1) is 11.8 Å². The average molecular weight is 372 g/mol. The minimum atomic E-state index is 0.120. The van der Waals surface area contributed by atoms with Crippen LogP contribution in [0.3, 0.4) is 0 Å². The monoisotopic (exact) mass is 371 g/mol. The molecule has 1 aromatic heterocycles. The number of amides is 2. The molecule has 1 N–H and O–H groups in total. The third-order valence-electron chi connectivity index (χ3n) is 4.72. The topological polar surface area (TPSA) is 56.4 Å². The summed E-state index contributed by atoms with van der Waals surface area (Å²) in [4.78, 5) is 33.1. The number of nitrogens with one attached hydrogen (secondary N) is 1. The van der Waals surface area contributed by atoms with Crippen molar-refractivity contribution in [3.8, 4) is 0 Å². The summed E-state index contributed by atoms with van der Waals surface area (Å²) in [6.07, 6.45) is 5.51. The van der Waals surface area contributed by atoms with Crippen LogP contribution < -0.4 is 0 Å². The molecule has 26 heavy (non-hydrogen) atoms. The third-order valence-corrected chi connectivity index (χ3v) is 5.46. The second-order valence-electron chi connectivity index (χ2n) is 6.51. The van der Waals surface area contributed by atoms with Crippen molar-refractivity contribution < 1.29 is 9.59 Å². The minimum Gasteiger partial charge on any atom is -0.365 e. The van der Waals surface area contributed by atoms with E-state index in [1.807, 2.05) is 46.5 Å². The van der Waals surface area contributed by atoms with Crippen LogP contribution in [-0.4, -0.2) is 59.0 Å². The minimum absolute atomic E-state index is 0.120. The Kier molecular flexibility index (Phi) is 6.39. The molecule has 3 rings (SSSR count). The number of aromatic amines is 1. The van der Waals surface area contributed by atoms with Crippen molar-refractivity contribution in [2.75, 3.05) is 32.4 Å². The van der Waals surface area contributed by atoms with Gasteiger partial charge in [-0.3, -0.25) is 9.59 Å². The Bertz CT molecular complexity index is 728. The lowest BCUT2D eigenvalue weighted by atomic mass is 10.1. The zero-order valence-corrected chi connectivity index (χ0v) is 15.9. The fourth-order valence-electron chi connectivity index (χ4n) is 3.20. The summed E-state index contributed by atoms with van der Waals surface area (Å²) in [6.45, 7) is 2.65. The van der Waals surface area contributed by atoms with E-state index in [9.17, 15) is 9.59 Å². The normalized spacial score (nSPS) is 15.0. The van der Waals surface area contributed by atoms with Gasteiger partial charge in [0.25, 0.3) is 0 Å². The van der Waals surface area contributed by atoms with Crippen molar-refractivity contribution in [3.05, 3.63) is 53.9 Å². The maximum absolute atomic E-state index is 12.6. The van der Waals surface area contributed by atoms with Gasteiger partial charge in [0.1, 0.15) is 0 Å². The van der Waals surface area contributed by atoms with Crippen molar-refractivity contribution in [3.63, 3.8) is 0 Å². The molecule has 0 bridgehead atoms. The van der Waals surface area contributed by atoms with E-state index in [0.29, 0.717) is 39.0 Å². The first-order valence-electron chi connectivity index (χ1n) is 8.96. The smallest absolute Gasteiger partial charge is 0.228 e. The molecule has 0 saturated carbocycles. The molecule has 1 saturated heterocycles. The highest BCUT2D eigenvalue weighted by Gasteiger charge is 2.22. The Morgan fingerprint density at radius 3 is 2.19 bits per heavy atom. The number of hydrogen-bond donors (Lipinski definition) is 1. The number of carbonyl (C=O) groups is 2. The SMILES string of the molecule is CSc1ccc(CC(=O)N2CCCN(C(=O)Cc3ccc[nH]3)CC2)cc1. The van der Waals surface area contributed by atoms with Crippen LogP contribution in [0, 0.1) is 0 Å². The van der Waals surface area contributed by atoms with E-state index in [-0.39, 0.29) is 11.8 Å². The van der Waals surface area contributed by atoms with Gasteiger partial charge in [0.05, 0.1) is 12.8 Å². The van der Waals surface area contributed by atoms with Crippen LogP contribution in [-0.2, 0) is 22.4 Å². The largest absolute Gasteiger partial charge is 0.365 e. The first-order valence-corrected chi connectivity index (χ1v) is 10.2. The maximum atomic E-state index is 12.6. The molecule has 138 valence electrons. The van der Waals surface area contributed by atoms with Crippen molar-refractivity contribution in [1.82, 2.24) is 14.8 Å². The van der Waals surface area contributed by atoms with Crippen molar-refractivity contribution in [1.29, 1.82) is 0 Å². The van der Waals surface area contributed by atoms with Crippen LogP contribution in [0.4, 0.5) is 0 Å². The van der Waals surface area contributed by atoms with Crippen LogP contribution in [0.2, 0.25) is 0 Å². The molecule has 5 nitrogen and oxygen atoms in total. The van der Waals surface area contributed by atoms with Gasteiger partial charge in [-0.2, -0.15) is 0 Å². The molecule has 0 radical (unpaired) electrons. The van der Waals surface area contributed by atoms with Crippen LogP contribution in [0.1, 0.15) is 17.7 Å². The third kappa shape index (κ3) is 4.91. The summed E-state index contributed by atoms with van der Waals surface area (Å²) in [7, 11) is 0. The molecule has 1 aliphatic heterocycles. The van der Waals surface area contributed by atoms with Gasteiger partial charge >= 0.3 is 0 Å². The molecular formula is C20H25N3O2S. The van der Waals surface area contributed by atoms with Gasteiger partial charge in [-0.1, -0.05) is 12.1 Å². The van der Waals surface area contributed by atoms with Crippen LogP contribution in [0.15, 0.2) is 47.5 Å². The Hall–Kier alpha value is -2.21. The van der Waals surface area contributed by atoms with Gasteiger partial charge in [0, 0.05) is 43.0 Å². The molecule has 0 aliphatic carbocycles. The number of benzene rings is 1. The number of thioether (sulfide) groups is 1. The van der Waals surface area contributed by atoms with E-state index in [2.05, 4.69) is 17.1 Å². The standard InChI is InChI=1S/C20H25N3O2S/c1-26-18-7-5-16(6-8-18)14-19(24)22-10-3-11-23(13-12-22)20(25)15-17-4-2-9-21-17/h2,4-9,21H,3,10-15H2,1H3.